The lowest BCUT2D eigenvalue weighted by atomic mass is 9.49. The Bertz CT molecular complexity index is 1240. The van der Waals surface area contributed by atoms with E-state index in [-0.39, 0.29) is 21.6 Å². The van der Waals surface area contributed by atoms with Crippen molar-refractivity contribution in [3.05, 3.63) is 47.4 Å². The number of amides is 1. The molecule has 2 heterocycles. The zero-order valence-electron chi connectivity index (χ0n) is 17.4. The van der Waals surface area contributed by atoms with Crippen LogP contribution in [0.3, 0.4) is 0 Å². The topological polar surface area (TPSA) is 140 Å². The molecule has 1 aromatic heterocycles. The average Bonchev–Trinajstić information content (AvgIpc) is 2.67. The number of carbonyl (C=O) groups is 1. The van der Waals surface area contributed by atoms with Crippen molar-refractivity contribution in [2.45, 2.75) is 17.7 Å². The van der Waals surface area contributed by atoms with Crippen LogP contribution in [0, 0.1) is 11.6 Å². The third-order valence-electron chi connectivity index (χ3n) is 4.60. The van der Waals surface area contributed by atoms with E-state index < -0.39 is 55.6 Å². The molecule has 0 fully saturated rings. The first-order valence-electron chi connectivity index (χ1n) is 9.10. The monoisotopic (exact) mass is 470 g/mol. The van der Waals surface area contributed by atoms with E-state index in [0.717, 1.165) is 12.3 Å². The summed E-state index contributed by atoms with van der Waals surface area (Å²) >= 11 is 0. The van der Waals surface area contributed by atoms with Crippen LogP contribution < -0.4 is 15.8 Å². The maximum Gasteiger partial charge on any atom is 0.275 e. The number of hydrogen-bond acceptors (Lipinski definition) is 8. The fraction of sp³-hybridized carbons (Fsp3) is 0.294. The Hall–Kier alpha value is -3.16. The van der Waals surface area contributed by atoms with Crippen molar-refractivity contribution in [3.63, 3.8) is 0 Å². The summed E-state index contributed by atoms with van der Waals surface area (Å²) in [5, 5.41) is -0.0730. The average molecular weight is 470 g/mol. The molecule has 33 heavy (non-hydrogen) atoms. The predicted molar refractivity (Wildman–Crippen MR) is 117 cm³/mol. The van der Waals surface area contributed by atoms with E-state index >= 15 is 0 Å². The summed E-state index contributed by atoms with van der Waals surface area (Å²) in [6.45, 7) is 1.21. The molecule has 0 bridgehead atoms. The van der Waals surface area contributed by atoms with Gasteiger partial charge in [-0.1, -0.05) is 5.24 Å². The van der Waals surface area contributed by atoms with Gasteiger partial charge in [0.1, 0.15) is 11.2 Å². The number of sulfonamides is 1. The molecule has 10 nitrogen and oxygen atoms in total. The van der Waals surface area contributed by atoms with E-state index in [1.54, 1.807) is 0 Å². The Morgan fingerprint density at radius 3 is 2.45 bits per heavy atom. The number of methoxy groups -OCH3 is 1. The Labute approximate surface area is 192 Å². The first-order valence-corrected chi connectivity index (χ1v) is 10.7. The fourth-order valence-corrected chi connectivity index (χ4v) is 5.12. The highest BCUT2D eigenvalue weighted by atomic mass is 32.2. The Balaban J connectivity index is 2.02. The van der Waals surface area contributed by atoms with Crippen LogP contribution in [0.15, 0.2) is 29.5 Å². The molecule has 3 N–H and O–H groups in total. The molecular formula is C17H15B3F2N6O4S. The van der Waals surface area contributed by atoms with Crippen LogP contribution in [-0.4, -0.2) is 76.2 Å². The lowest BCUT2D eigenvalue weighted by Crippen LogP contribution is -2.63. The molecule has 0 spiro atoms. The molecule has 0 aliphatic carbocycles. The highest BCUT2D eigenvalue weighted by Crippen LogP contribution is 2.37. The molecule has 0 saturated carbocycles. The first kappa shape index (κ1) is 24.5. The lowest BCUT2D eigenvalue weighted by Gasteiger charge is -2.43. The number of nitrogens with two attached hydrogens (primary N) is 1. The third-order valence-corrected chi connectivity index (χ3v) is 6.59. The summed E-state index contributed by atoms with van der Waals surface area (Å²) in [7, 11) is 13.3. The van der Waals surface area contributed by atoms with Gasteiger partial charge in [0.2, 0.25) is 21.9 Å². The van der Waals surface area contributed by atoms with Gasteiger partial charge in [0.05, 0.1) is 48.8 Å². The van der Waals surface area contributed by atoms with E-state index in [9.17, 15) is 22.0 Å². The molecule has 2 aromatic rings. The summed E-state index contributed by atoms with van der Waals surface area (Å²) in [5.74, 6) is -5.01. The minimum Gasteiger partial charge on any atom is -0.480 e. The molecular weight excluding hydrogens is 455 g/mol. The second kappa shape index (κ2) is 8.32. The van der Waals surface area contributed by atoms with Gasteiger partial charge in [-0.2, -0.15) is 0 Å². The normalized spacial score (nSPS) is 20.1. The smallest absolute Gasteiger partial charge is 0.275 e. The highest BCUT2D eigenvalue weighted by Gasteiger charge is 2.46. The van der Waals surface area contributed by atoms with Crippen molar-refractivity contribution >= 4 is 51.1 Å². The summed E-state index contributed by atoms with van der Waals surface area (Å²) in [6, 6.07) is 1.73. The van der Waals surface area contributed by atoms with Gasteiger partial charge < -0.3 is 15.8 Å². The Morgan fingerprint density at radius 2 is 1.94 bits per heavy atom. The van der Waals surface area contributed by atoms with Crippen LogP contribution in [-0.2, 0) is 15.6 Å². The molecule has 0 saturated heterocycles. The van der Waals surface area contributed by atoms with Crippen molar-refractivity contribution < 1.29 is 26.7 Å². The summed E-state index contributed by atoms with van der Waals surface area (Å²) in [4.78, 5) is 24.1. The molecule has 1 atom stereocenters. The van der Waals surface area contributed by atoms with E-state index in [0.29, 0.717) is 6.07 Å². The van der Waals surface area contributed by atoms with E-state index in [4.69, 9.17) is 34.0 Å². The van der Waals surface area contributed by atoms with Gasteiger partial charge in [0.25, 0.3) is 5.91 Å². The zero-order chi connectivity index (χ0) is 24.8. The van der Waals surface area contributed by atoms with Crippen molar-refractivity contribution in [2.75, 3.05) is 18.2 Å². The number of benzene rings is 1. The van der Waals surface area contributed by atoms with Gasteiger partial charge in [-0.15, -0.1) is 0 Å². The molecule has 0 unspecified atom stereocenters. The van der Waals surface area contributed by atoms with Crippen LogP contribution in [0.1, 0.15) is 23.0 Å². The number of carbonyl (C=O) groups excluding carboxylic acids is 1. The maximum absolute atomic E-state index is 14.7. The number of guanidine groups is 1. The molecule has 1 amide bonds. The summed E-state index contributed by atoms with van der Waals surface area (Å²) < 4.78 is 59.8. The number of aromatic nitrogens is 2. The number of aliphatic imine (C=N–C) groups is 1. The minimum atomic E-state index is -4.41. The first-order chi connectivity index (χ1) is 15.2. The van der Waals surface area contributed by atoms with E-state index in [2.05, 4.69) is 20.3 Å². The second-order valence-electron chi connectivity index (χ2n) is 7.37. The molecule has 1 aliphatic heterocycles. The number of nitrogens with one attached hydrogen (secondary N) is 1. The van der Waals surface area contributed by atoms with Crippen molar-refractivity contribution in [1.82, 2.24) is 14.3 Å². The van der Waals surface area contributed by atoms with Gasteiger partial charge in [-0.05, 0) is 13.0 Å². The minimum absolute atomic E-state index is 0.142. The zero-order valence-corrected chi connectivity index (χ0v) is 18.2. The fourth-order valence-electron chi connectivity index (χ4n) is 3.26. The van der Waals surface area contributed by atoms with E-state index in [1.165, 1.54) is 20.2 Å². The van der Waals surface area contributed by atoms with Gasteiger partial charge in [-0.25, -0.2) is 32.2 Å². The number of hydrogen-bond donors (Lipinski definition) is 2. The number of anilines is 1. The van der Waals surface area contributed by atoms with Crippen LogP contribution >= 0.6 is 0 Å². The summed E-state index contributed by atoms with van der Waals surface area (Å²) in [6.07, 6.45) is 2.30. The van der Waals surface area contributed by atoms with Crippen LogP contribution in [0.4, 0.5) is 14.5 Å². The van der Waals surface area contributed by atoms with Gasteiger partial charge in [-0.3, -0.25) is 9.10 Å². The molecule has 166 valence electrons. The number of nitrogens with zero attached hydrogens (tertiary/aromatic N) is 4. The summed E-state index contributed by atoms with van der Waals surface area (Å²) in [5.41, 5.74) is 2.96. The van der Waals surface area contributed by atoms with Crippen molar-refractivity contribution in [1.29, 1.82) is 0 Å². The number of halogens is 2. The van der Waals surface area contributed by atoms with Crippen molar-refractivity contribution in [3.8, 4) is 5.88 Å². The molecule has 1 aromatic carbocycles. The Kier molecular flexibility index (Phi) is 6.17. The lowest BCUT2D eigenvalue weighted by molar-refractivity contribution is 0.102. The van der Waals surface area contributed by atoms with Gasteiger partial charge in [0.15, 0.2) is 11.6 Å². The largest absolute Gasteiger partial charge is 0.480 e. The molecule has 16 heteroatoms. The van der Waals surface area contributed by atoms with Crippen LogP contribution in [0.25, 0.3) is 0 Å². The van der Waals surface area contributed by atoms with Crippen LogP contribution in [0.2, 0.25) is 0 Å². The molecule has 6 radical (unpaired) electrons. The quantitative estimate of drug-likeness (QED) is 0.552. The molecule has 3 rings (SSSR count). The SMILES string of the molecule is [B]C([B])([B])N1C(N)=N[C@](C)(c2cc(NC(=O)c3cnc(OC)cn3)cc(F)c2F)CS1(=O)=O. The van der Waals surface area contributed by atoms with Gasteiger partial charge in [0, 0.05) is 17.3 Å². The van der Waals surface area contributed by atoms with Crippen LogP contribution in [0.5, 0.6) is 5.88 Å². The van der Waals surface area contributed by atoms with Gasteiger partial charge >= 0.3 is 0 Å². The highest BCUT2D eigenvalue weighted by molar-refractivity contribution is 7.90. The predicted octanol–water partition coefficient (Wildman–Crippen LogP) is -0.692. The second-order valence-corrected chi connectivity index (χ2v) is 9.19. The van der Waals surface area contributed by atoms with E-state index in [1.807, 2.05) is 0 Å². The number of ether oxygens (including phenoxy) is 1. The van der Waals surface area contributed by atoms with Crippen molar-refractivity contribution in [2.24, 2.45) is 10.7 Å². The standard InChI is InChI=1S/C17H15B3F2N6O4S/c1-16(7-33(30,31)28(15(23)27-16)17(18,19)20)9-3-8(4-10(21)13(9)22)26-14(29)11-5-25-12(32-2)6-24-11/h3-6H,7H2,1-2H3,(H2,23,27)(H,26,29)/t16-/m0/s1. The number of rotatable bonds is 5. The molecule has 1 aliphatic rings. The Morgan fingerprint density at radius 1 is 1.27 bits per heavy atom. The maximum atomic E-state index is 14.7. The third kappa shape index (κ3) is 4.79.